The van der Waals surface area contributed by atoms with Gasteiger partial charge in [0.2, 0.25) is 5.78 Å². The zero-order valence-corrected chi connectivity index (χ0v) is 10.9. The molecular weight excluding hydrogens is 264 g/mol. The van der Waals surface area contributed by atoms with Crippen molar-refractivity contribution < 1.29 is 24.2 Å². The van der Waals surface area contributed by atoms with Gasteiger partial charge in [0.15, 0.2) is 5.76 Å². The largest absolute Gasteiger partial charge is 0.507 e. The standard InChI is InChI=1S/C14H12O6/c1-14(18)5-9(16)12-11(14)7-3-6(19-2)4-8(15)10(7)13(17)20-12/h3-4,15,18H,5H2,1-2H3/t14-/m1/s1. The van der Waals surface area contributed by atoms with Gasteiger partial charge in [0.1, 0.15) is 16.9 Å². The van der Waals surface area contributed by atoms with E-state index in [2.05, 4.69) is 0 Å². The summed E-state index contributed by atoms with van der Waals surface area (Å²) < 4.78 is 10.0. The first-order valence-electron chi connectivity index (χ1n) is 5.99. The fourth-order valence-electron chi connectivity index (χ4n) is 2.66. The minimum Gasteiger partial charge on any atom is -0.507 e. The second kappa shape index (κ2) is 3.83. The van der Waals surface area contributed by atoms with E-state index in [-0.39, 0.29) is 34.3 Å². The van der Waals surface area contributed by atoms with Gasteiger partial charge in [-0.05, 0) is 13.0 Å². The van der Waals surface area contributed by atoms with Crippen molar-refractivity contribution in [3.63, 3.8) is 0 Å². The number of carbonyl (C=O) groups excluding carboxylic acids is 1. The molecule has 0 saturated heterocycles. The van der Waals surface area contributed by atoms with Crippen molar-refractivity contribution in [2.75, 3.05) is 7.11 Å². The number of ether oxygens (including phenoxy) is 1. The van der Waals surface area contributed by atoms with Gasteiger partial charge in [-0.2, -0.15) is 0 Å². The Morgan fingerprint density at radius 3 is 2.70 bits per heavy atom. The van der Waals surface area contributed by atoms with E-state index in [9.17, 15) is 19.8 Å². The number of hydrogen-bond donors (Lipinski definition) is 2. The van der Waals surface area contributed by atoms with Gasteiger partial charge in [-0.15, -0.1) is 0 Å². The van der Waals surface area contributed by atoms with E-state index in [1.54, 1.807) is 0 Å². The third-order valence-electron chi connectivity index (χ3n) is 3.52. The van der Waals surface area contributed by atoms with Gasteiger partial charge in [-0.25, -0.2) is 4.79 Å². The number of Topliss-reactive ketones (excluding diaryl/α,β-unsaturated/α-hetero) is 1. The topological polar surface area (TPSA) is 97.0 Å². The highest BCUT2D eigenvalue weighted by molar-refractivity contribution is 6.05. The fraction of sp³-hybridized carbons (Fsp3) is 0.286. The highest BCUT2D eigenvalue weighted by Gasteiger charge is 2.42. The van der Waals surface area contributed by atoms with Gasteiger partial charge in [-0.3, -0.25) is 4.79 Å². The predicted octanol–water partition coefficient (Wildman–Crippen LogP) is 1.30. The maximum Gasteiger partial charge on any atom is 0.348 e. The van der Waals surface area contributed by atoms with Gasteiger partial charge in [0, 0.05) is 23.4 Å². The van der Waals surface area contributed by atoms with E-state index < -0.39 is 17.0 Å². The second-order valence-corrected chi connectivity index (χ2v) is 5.04. The summed E-state index contributed by atoms with van der Waals surface area (Å²) in [5.74, 6) is -0.588. The van der Waals surface area contributed by atoms with Crippen molar-refractivity contribution in [3.8, 4) is 11.5 Å². The van der Waals surface area contributed by atoms with Crippen molar-refractivity contribution in [3.05, 3.63) is 33.9 Å². The first-order chi connectivity index (χ1) is 9.35. The van der Waals surface area contributed by atoms with E-state index in [1.807, 2.05) is 0 Å². The number of hydrogen-bond acceptors (Lipinski definition) is 6. The normalized spacial score (nSPS) is 21.2. The molecule has 3 rings (SSSR count). The molecule has 1 aromatic heterocycles. The Balaban J connectivity index is 2.55. The summed E-state index contributed by atoms with van der Waals surface area (Å²) in [6.07, 6.45) is -0.164. The molecule has 1 aliphatic rings. The number of rotatable bonds is 1. The molecule has 2 aromatic rings. The average molecular weight is 276 g/mol. The number of methoxy groups -OCH3 is 1. The third-order valence-corrected chi connectivity index (χ3v) is 3.52. The van der Waals surface area contributed by atoms with Crippen LogP contribution in [-0.4, -0.2) is 23.1 Å². The van der Waals surface area contributed by atoms with Gasteiger partial charge in [-0.1, -0.05) is 0 Å². The highest BCUT2D eigenvalue weighted by Crippen LogP contribution is 2.42. The number of aromatic hydroxyl groups is 1. The Kier molecular flexibility index (Phi) is 2.43. The van der Waals surface area contributed by atoms with Crippen LogP contribution in [0, 0.1) is 0 Å². The fourth-order valence-corrected chi connectivity index (χ4v) is 2.66. The van der Waals surface area contributed by atoms with Crippen LogP contribution in [0.5, 0.6) is 11.5 Å². The smallest absolute Gasteiger partial charge is 0.348 e. The number of phenols is 1. The molecule has 1 heterocycles. The molecule has 0 aliphatic heterocycles. The Morgan fingerprint density at radius 1 is 1.35 bits per heavy atom. The summed E-state index contributed by atoms with van der Waals surface area (Å²) in [5.41, 5.74) is -2.04. The maximum absolute atomic E-state index is 11.9. The Labute approximate surface area is 113 Å². The maximum atomic E-state index is 11.9. The second-order valence-electron chi connectivity index (χ2n) is 5.04. The first kappa shape index (κ1) is 12.7. The van der Waals surface area contributed by atoms with Crippen molar-refractivity contribution in [2.45, 2.75) is 18.9 Å². The molecular formula is C14H12O6. The average Bonchev–Trinajstić information content (AvgIpc) is 2.58. The molecule has 20 heavy (non-hydrogen) atoms. The van der Waals surface area contributed by atoms with Crippen LogP contribution in [0.25, 0.3) is 10.8 Å². The summed E-state index contributed by atoms with van der Waals surface area (Å²) in [6, 6.07) is 2.77. The van der Waals surface area contributed by atoms with Crippen LogP contribution in [0.4, 0.5) is 0 Å². The molecule has 0 spiro atoms. The molecule has 1 aliphatic carbocycles. The molecule has 0 radical (unpaired) electrons. The van der Waals surface area contributed by atoms with E-state index in [1.165, 1.54) is 26.2 Å². The first-order valence-corrected chi connectivity index (χ1v) is 5.99. The number of carbonyl (C=O) groups is 1. The minimum atomic E-state index is -1.44. The van der Waals surface area contributed by atoms with E-state index in [0.717, 1.165) is 0 Å². The Hall–Kier alpha value is -2.34. The number of aliphatic hydroxyl groups is 1. The summed E-state index contributed by atoms with van der Waals surface area (Å²) in [7, 11) is 1.41. The van der Waals surface area contributed by atoms with Gasteiger partial charge in [0.05, 0.1) is 12.7 Å². The summed E-state index contributed by atoms with van der Waals surface area (Å²) in [6.45, 7) is 1.46. The van der Waals surface area contributed by atoms with Crippen LogP contribution in [0.3, 0.4) is 0 Å². The van der Waals surface area contributed by atoms with Crippen LogP contribution >= 0.6 is 0 Å². The minimum absolute atomic E-state index is 0.0699. The number of ketones is 1. The number of phenolic OH excluding ortho intramolecular Hbond substituents is 1. The number of benzene rings is 1. The Morgan fingerprint density at radius 2 is 2.05 bits per heavy atom. The van der Waals surface area contributed by atoms with Crippen LogP contribution in [0.15, 0.2) is 21.3 Å². The monoisotopic (exact) mass is 276 g/mol. The molecule has 2 N–H and O–H groups in total. The zero-order chi connectivity index (χ0) is 14.7. The van der Waals surface area contributed by atoms with Crippen LogP contribution < -0.4 is 10.4 Å². The third kappa shape index (κ3) is 1.55. The molecule has 1 atom stereocenters. The van der Waals surface area contributed by atoms with Crippen molar-refractivity contribution in [1.29, 1.82) is 0 Å². The lowest BCUT2D eigenvalue weighted by molar-refractivity contribution is 0.0544. The van der Waals surface area contributed by atoms with E-state index >= 15 is 0 Å². The Bertz CT molecular complexity index is 799. The van der Waals surface area contributed by atoms with Crippen molar-refractivity contribution in [2.24, 2.45) is 0 Å². The lowest BCUT2D eigenvalue weighted by Gasteiger charge is -2.18. The van der Waals surface area contributed by atoms with Crippen LogP contribution in [0.2, 0.25) is 0 Å². The lowest BCUT2D eigenvalue weighted by Crippen LogP contribution is -2.18. The predicted molar refractivity (Wildman–Crippen MR) is 69.2 cm³/mol. The van der Waals surface area contributed by atoms with Gasteiger partial charge >= 0.3 is 5.63 Å². The van der Waals surface area contributed by atoms with E-state index in [4.69, 9.17) is 9.15 Å². The van der Waals surface area contributed by atoms with E-state index in [0.29, 0.717) is 5.75 Å². The quantitative estimate of drug-likeness (QED) is 0.814. The van der Waals surface area contributed by atoms with Crippen molar-refractivity contribution in [1.82, 2.24) is 0 Å². The van der Waals surface area contributed by atoms with Crippen LogP contribution in [-0.2, 0) is 5.60 Å². The molecule has 104 valence electrons. The zero-order valence-electron chi connectivity index (χ0n) is 10.9. The molecule has 0 saturated carbocycles. The molecule has 1 aromatic carbocycles. The molecule has 6 nitrogen and oxygen atoms in total. The lowest BCUT2D eigenvalue weighted by atomic mass is 9.95. The van der Waals surface area contributed by atoms with Crippen molar-refractivity contribution >= 4 is 16.6 Å². The molecule has 0 bridgehead atoms. The summed E-state index contributed by atoms with van der Waals surface area (Å²) in [5, 5.41) is 20.5. The molecule has 0 fully saturated rings. The van der Waals surface area contributed by atoms with Crippen LogP contribution in [0.1, 0.15) is 29.5 Å². The number of fused-ring (bicyclic) bond motifs is 3. The molecule has 0 amide bonds. The molecule has 0 unspecified atom stereocenters. The summed E-state index contributed by atoms with van der Waals surface area (Å²) >= 11 is 0. The molecule has 6 heteroatoms. The SMILES string of the molecule is COc1cc(O)c2c(=O)oc3c(c2c1)[C@](C)(O)CC3=O. The highest BCUT2D eigenvalue weighted by atomic mass is 16.5. The summed E-state index contributed by atoms with van der Waals surface area (Å²) in [4.78, 5) is 23.7. The van der Waals surface area contributed by atoms with Gasteiger partial charge < -0.3 is 19.4 Å². The van der Waals surface area contributed by atoms with Gasteiger partial charge in [0.25, 0.3) is 0 Å².